The molecule has 1 amide bonds. The molecule has 3 aromatic rings. The molecule has 6 nitrogen and oxygen atoms in total. The predicted octanol–water partition coefficient (Wildman–Crippen LogP) is 3.23. The van der Waals surface area contributed by atoms with E-state index in [-0.39, 0.29) is 11.9 Å². The van der Waals surface area contributed by atoms with Gasteiger partial charge in [-0.1, -0.05) is 6.07 Å². The first-order valence-corrected chi connectivity index (χ1v) is 9.02. The molecular weight excluding hydrogens is 322 g/mol. The van der Waals surface area contributed by atoms with Gasteiger partial charge in [0.2, 0.25) is 5.91 Å². The maximum Gasteiger partial charge on any atom is 0.224 e. The van der Waals surface area contributed by atoms with E-state index >= 15 is 0 Å². The van der Waals surface area contributed by atoms with Crippen molar-refractivity contribution < 1.29 is 4.79 Å². The van der Waals surface area contributed by atoms with Crippen molar-refractivity contribution in [3.63, 3.8) is 0 Å². The fourth-order valence-corrected chi connectivity index (χ4v) is 3.62. The van der Waals surface area contributed by atoms with Crippen molar-refractivity contribution in [3.8, 4) is 0 Å². The number of amides is 1. The van der Waals surface area contributed by atoms with E-state index in [0.29, 0.717) is 19.5 Å². The molecule has 0 aliphatic carbocycles. The van der Waals surface area contributed by atoms with Crippen molar-refractivity contribution in [2.24, 2.45) is 0 Å². The van der Waals surface area contributed by atoms with E-state index in [9.17, 15) is 4.79 Å². The van der Waals surface area contributed by atoms with Crippen LogP contribution < -0.4 is 0 Å². The number of carbonyl (C=O) groups excluding carboxylic acids is 1. The summed E-state index contributed by atoms with van der Waals surface area (Å²) >= 11 is 1.67. The smallest absolute Gasteiger partial charge is 0.224 e. The molecule has 0 saturated heterocycles. The highest BCUT2D eigenvalue weighted by Gasteiger charge is 2.16. The number of fused-ring (bicyclic) bond motifs is 1. The van der Waals surface area contributed by atoms with Crippen molar-refractivity contribution in [1.29, 1.82) is 0 Å². The molecule has 3 heterocycles. The summed E-state index contributed by atoms with van der Waals surface area (Å²) < 4.78 is 3.88. The number of hydrogen-bond donors (Lipinski definition) is 0. The Bertz CT molecular complexity index is 831. The normalized spacial score (nSPS) is 11.5. The van der Waals surface area contributed by atoms with Crippen molar-refractivity contribution in [2.45, 2.75) is 46.3 Å². The summed E-state index contributed by atoms with van der Waals surface area (Å²) in [6.45, 7) is 7.43. The van der Waals surface area contributed by atoms with Gasteiger partial charge in [-0.15, -0.1) is 11.3 Å². The van der Waals surface area contributed by atoms with E-state index in [0.717, 1.165) is 16.7 Å². The van der Waals surface area contributed by atoms with Crippen molar-refractivity contribution in [1.82, 2.24) is 24.5 Å². The fourth-order valence-electron chi connectivity index (χ4n) is 2.86. The number of aromatic nitrogens is 4. The molecule has 0 unspecified atom stereocenters. The topological polar surface area (TPSA) is 56.0 Å². The molecule has 0 aromatic carbocycles. The van der Waals surface area contributed by atoms with Crippen molar-refractivity contribution in [2.75, 3.05) is 7.05 Å². The molecule has 24 heavy (non-hydrogen) atoms. The van der Waals surface area contributed by atoms with E-state index in [1.54, 1.807) is 16.2 Å². The zero-order valence-electron chi connectivity index (χ0n) is 14.6. The average Bonchev–Trinajstić information content (AvgIpc) is 3.24. The molecule has 3 rings (SSSR count). The highest BCUT2D eigenvalue weighted by Crippen LogP contribution is 2.21. The van der Waals surface area contributed by atoms with Crippen LogP contribution in [0.15, 0.2) is 23.7 Å². The van der Waals surface area contributed by atoms with Gasteiger partial charge < -0.3 is 4.90 Å². The summed E-state index contributed by atoms with van der Waals surface area (Å²) in [5.41, 5.74) is 3.01. The van der Waals surface area contributed by atoms with Crippen LogP contribution in [0.3, 0.4) is 0 Å². The molecule has 0 bridgehead atoms. The summed E-state index contributed by atoms with van der Waals surface area (Å²) in [4.78, 5) is 15.3. The van der Waals surface area contributed by atoms with Gasteiger partial charge in [-0.3, -0.25) is 14.2 Å². The molecule has 0 N–H and O–H groups in total. The minimum absolute atomic E-state index is 0.126. The van der Waals surface area contributed by atoms with E-state index in [2.05, 4.69) is 30.1 Å². The molecule has 0 spiro atoms. The Labute approximate surface area is 145 Å². The van der Waals surface area contributed by atoms with E-state index in [1.165, 1.54) is 4.88 Å². The van der Waals surface area contributed by atoms with Crippen LogP contribution >= 0.6 is 11.3 Å². The van der Waals surface area contributed by atoms with Gasteiger partial charge in [0.05, 0.1) is 25.0 Å². The van der Waals surface area contributed by atoms with Crippen LogP contribution in [0.1, 0.15) is 36.9 Å². The van der Waals surface area contributed by atoms with Gasteiger partial charge >= 0.3 is 0 Å². The highest BCUT2D eigenvalue weighted by atomic mass is 32.1. The molecule has 0 aliphatic heterocycles. The molecule has 0 fully saturated rings. The second kappa shape index (κ2) is 6.76. The monoisotopic (exact) mass is 345 g/mol. The first kappa shape index (κ1) is 16.7. The lowest BCUT2D eigenvalue weighted by Crippen LogP contribution is -2.26. The third kappa shape index (κ3) is 3.21. The Hall–Kier alpha value is -2.15. The van der Waals surface area contributed by atoms with Gasteiger partial charge in [0.1, 0.15) is 11.0 Å². The molecule has 0 radical (unpaired) electrons. The summed E-state index contributed by atoms with van der Waals surface area (Å²) in [6.07, 6.45) is 2.28. The Kier molecular flexibility index (Phi) is 4.71. The first-order valence-electron chi connectivity index (χ1n) is 8.14. The minimum atomic E-state index is 0.126. The third-order valence-electron chi connectivity index (χ3n) is 4.09. The zero-order valence-corrected chi connectivity index (χ0v) is 15.4. The standard InChI is InChI=1S/C17H23N5OS/c1-12(2)22-15-10-18-21(17(15)13(3)19-22)8-7-16(23)20(4)11-14-6-5-9-24-14/h5-6,9-10,12H,7-8,11H2,1-4H3. The van der Waals surface area contributed by atoms with Gasteiger partial charge in [-0.25, -0.2) is 0 Å². The number of nitrogens with zero attached hydrogens (tertiary/aromatic N) is 5. The Morgan fingerprint density at radius 3 is 2.88 bits per heavy atom. The molecular formula is C17H23N5OS. The number of aryl methyl sites for hydroxylation is 2. The van der Waals surface area contributed by atoms with Crippen LogP contribution in [-0.4, -0.2) is 37.4 Å². The average molecular weight is 345 g/mol. The Morgan fingerprint density at radius 1 is 1.42 bits per heavy atom. The van der Waals surface area contributed by atoms with Gasteiger partial charge in [-0.2, -0.15) is 10.2 Å². The second-order valence-electron chi connectivity index (χ2n) is 6.30. The van der Waals surface area contributed by atoms with E-state index in [1.807, 2.05) is 41.0 Å². The lowest BCUT2D eigenvalue weighted by molar-refractivity contribution is -0.130. The maximum atomic E-state index is 12.4. The van der Waals surface area contributed by atoms with Crippen LogP contribution in [-0.2, 0) is 17.9 Å². The third-order valence-corrected chi connectivity index (χ3v) is 4.95. The quantitative estimate of drug-likeness (QED) is 0.689. The summed E-state index contributed by atoms with van der Waals surface area (Å²) in [5, 5.41) is 11.1. The molecule has 128 valence electrons. The summed E-state index contributed by atoms with van der Waals surface area (Å²) in [7, 11) is 1.85. The molecule has 0 saturated carbocycles. The largest absolute Gasteiger partial charge is 0.341 e. The minimum Gasteiger partial charge on any atom is -0.341 e. The van der Waals surface area contributed by atoms with Gasteiger partial charge in [0.25, 0.3) is 0 Å². The van der Waals surface area contributed by atoms with Crippen LogP contribution in [0.25, 0.3) is 11.0 Å². The van der Waals surface area contributed by atoms with Gasteiger partial charge in [-0.05, 0) is 32.2 Å². The van der Waals surface area contributed by atoms with Gasteiger partial charge in [0, 0.05) is 24.4 Å². The molecule has 0 aliphatic rings. The predicted molar refractivity (Wildman–Crippen MR) is 96.1 cm³/mol. The number of carbonyl (C=O) groups is 1. The van der Waals surface area contributed by atoms with E-state index < -0.39 is 0 Å². The number of hydrogen-bond acceptors (Lipinski definition) is 4. The highest BCUT2D eigenvalue weighted by molar-refractivity contribution is 7.09. The van der Waals surface area contributed by atoms with Crippen LogP contribution in [0.5, 0.6) is 0 Å². The molecule has 7 heteroatoms. The zero-order chi connectivity index (χ0) is 17.3. The fraction of sp³-hybridized carbons (Fsp3) is 0.471. The van der Waals surface area contributed by atoms with Crippen LogP contribution in [0, 0.1) is 6.92 Å². The molecule has 3 aromatic heterocycles. The SMILES string of the molecule is Cc1nn(C(C)C)c2cnn(CCC(=O)N(C)Cc3cccs3)c12. The van der Waals surface area contributed by atoms with Crippen molar-refractivity contribution >= 4 is 28.3 Å². The van der Waals surface area contributed by atoms with Crippen LogP contribution in [0.2, 0.25) is 0 Å². The van der Waals surface area contributed by atoms with Crippen LogP contribution in [0.4, 0.5) is 0 Å². The first-order chi connectivity index (χ1) is 11.5. The summed E-state index contributed by atoms with van der Waals surface area (Å²) in [5.74, 6) is 0.126. The number of thiophene rings is 1. The molecule has 0 atom stereocenters. The van der Waals surface area contributed by atoms with Crippen molar-refractivity contribution in [3.05, 3.63) is 34.3 Å². The van der Waals surface area contributed by atoms with E-state index in [4.69, 9.17) is 0 Å². The number of rotatable bonds is 6. The van der Waals surface area contributed by atoms with Gasteiger partial charge in [0.15, 0.2) is 0 Å². The lowest BCUT2D eigenvalue weighted by atomic mass is 10.3. The second-order valence-corrected chi connectivity index (χ2v) is 7.34. The Morgan fingerprint density at radius 2 is 2.21 bits per heavy atom. The maximum absolute atomic E-state index is 12.4. The summed E-state index contributed by atoms with van der Waals surface area (Å²) in [6, 6.07) is 4.35. The Balaban J connectivity index is 1.68. The lowest BCUT2D eigenvalue weighted by Gasteiger charge is -2.16.